The molecule has 2 aromatic heterocycles. The summed E-state index contributed by atoms with van der Waals surface area (Å²) in [6, 6.07) is 13.8. The number of hydrogen-bond acceptors (Lipinski definition) is 8. The van der Waals surface area contributed by atoms with Gasteiger partial charge in [0.25, 0.3) is 5.91 Å². The lowest BCUT2D eigenvalue weighted by molar-refractivity contribution is -0.137. The first-order valence-electron chi connectivity index (χ1n) is 17.9. The van der Waals surface area contributed by atoms with Crippen LogP contribution in [0.4, 0.5) is 0 Å². The van der Waals surface area contributed by atoms with Crippen LogP contribution in [-0.4, -0.2) is 78.4 Å². The number of para-hydroxylation sites is 2. The Balaban J connectivity index is 0.767. The molecular weight excluding hydrogens is 632 g/mol. The highest BCUT2D eigenvalue weighted by atomic mass is 16.2. The second kappa shape index (κ2) is 13.7. The predicted octanol–water partition coefficient (Wildman–Crippen LogP) is 4.16. The smallest absolute Gasteiger partial charge is 0.255 e. The van der Waals surface area contributed by atoms with Gasteiger partial charge < -0.3 is 15.1 Å². The highest BCUT2D eigenvalue weighted by Gasteiger charge is 2.39. The zero-order valence-corrected chi connectivity index (χ0v) is 28.1. The molecule has 12 heteroatoms. The maximum absolute atomic E-state index is 13.0. The van der Waals surface area contributed by atoms with Crippen molar-refractivity contribution in [1.82, 2.24) is 40.2 Å². The van der Waals surface area contributed by atoms with Gasteiger partial charge in [0.15, 0.2) is 0 Å². The number of nitrogens with one attached hydrogen (secondary N) is 2. The van der Waals surface area contributed by atoms with Crippen molar-refractivity contribution in [1.29, 1.82) is 0 Å². The summed E-state index contributed by atoms with van der Waals surface area (Å²) in [5, 5.41) is 10.1. The molecule has 258 valence electrons. The molecule has 4 amide bonds. The fourth-order valence-electron chi connectivity index (χ4n) is 8.27. The summed E-state index contributed by atoms with van der Waals surface area (Å²) in [5.41, 5.74) is 5.97. The summed E-state index contributed by atoms with van der Waals surface area (Å²) in [5.74, 6) is -0.450. The van der Waals surface area contributed by atoms with Crippen LogP contribution in [0, 0.1) is 5.92 Å². The van der Waals surface area contributed by atoms with Gasteiger partial charge >= 0.3 is 0 Å². The Morgan fingerprint density at radius 2 is 1.70 bits per heavy atom. The molecule has 2 saturated heterocycles. The molecule has 2 N–H and O–H groups in total. The van der Waals surface area contributed by atoms with Gasteiger partial charge in [-0.3, -0.25) is 34.2 Å². The van der Waals surface area contributed by atoms with E-state index in [0.29, 0.717) is 49.5 Å². The van der Waals surface area contributed by atoms with Crippen LogP contribution in [0.3, 0.4) is 0 Å². The van der Waals surface area contributed by atoms with Crippen molar-refractivity contribution in [2.75, 3.05) is 13.1 Å². The number of carbonyl (C=O) groups is 4. The summed E-state index contributed by atoms with van der Waals surface area (Å²) < 4.78 is 2.11. The molecule has 3 fully saturated rings. The molecule has 50 heavy (non-hydrogen) atoms. The minimum Gasteiger partial charge on any atom is -0.352 e. The number of carbonyl (C=O) groups excluding carboxylic acids is 4. The van der Waals surface area contributed by atoms with Crippen LogP contribution in [0.15, 0.2) is 61.1 Å². The number of aromatic nitrogens is 4. The molecule has 8 rings (SSSR count). The molecule has 4 aliphatic rings. The Morgan fingerprint density at radius 3 is 2.50 bits per heavy atom. The Labute approximate surface area is 290 Å². The van der Waals surface area contributed by atoms with E-state index in [-0.39, 0.29) is 24.1 Å². The monoisotopic (exact) mass is 674 g/mol. The molecule has 3 aliphatic heterocycles. The van der Waals surface area contributed by atoms with E-state index in [4.69, 9.17) is 10.1 Å². The second-order valence-electron chi connectivity index (χ2n) is 14.3. The van der Waals surface area contributed by atoms with Crippen LogP contribution in [0.5, 0.6) is 0 Å². The highest BCUT2D eigenvalue weighted by Crippen LogP contribution is 2.34. The first-order valence-corrected chi connectivity index (χ1v) is 17.9. The molecule has 0 bridgehead atoms. The highest BCUT2D eigenvalue weighted by molar-refractivity contribution is 6.05. The van der Waals surface area contributed by atoms with Crippen LogP contribution < -0.4 is 10.6 Å². The van der Waals surface area contributed by atoms with Crippen LogP contribution >= 0.6 is 0 Å². The first kappa shape index (κ1) is 32.2. The van der Waals surface area contributed by atoms with E-state index in [1.165, 1.54) is 0 Å². The Hall–Kier alpha value is -4.97. The van der Waals surface area contributed by atoms with Crippen LogP contribution in [0.2, 0.25) is 0 Å². The van der Waals surface area contributed by atoms with Gasteiger partial charge in [-0.2, -0.15) is 5.10 Å². The van der Waals surface area contributed by atoms with Gasteiger partial charge in [0.1, 0.15) is 6.04 Å². The van der Waals surface area contributed by atoms with Gasteiger partial charge in [-0.15, -0.1) is 0 Å². The van der Waals surface area contributed by atoms with Gasteiger partial charge in [0.05, 0.1) is 35.2 Å². The van der Waals surface area contributed by atoms with E-state index in [2.05, 4.69) is 31.4 Å². The molecule has 1 unspecified atom stereocenters. The summed E-state index contributed by atoms with van der Waals surface area (Å²) in [6.07, 6.45) is 13.4. The van der Waals surface area contributed by atoms with Crippen molar-refractivity contribution >= 4 is 34.7 Å². The van der Waals surface area contributed by atoms with Gasteiger partial charge in [0.2, 0.25) is 17.7 Å². The Morgan fingerprint density at radius 1 is 0.900 bits per heavy atom. The lowest BCUT2D eigenvalue weighted by Gasteiger charge is -2.40. The first-order chi connectivity index (χ1) is 24.4. The number of amides is 4. The van der Waals surface area contributed by atoms with Gasteiger partial charge in [0, 0.05) is 62.4 Å². The summed E-state index contributed by atoms with van der Waals surface area (Å²) in [6.45, 7) is 2.84. The number of piperidine rings is 2. The minimum absolute atomic E-state index is 0.0595. The number of fused-ring (bicyclic) bond motifs is 2. The van der Waals surface area contributed by atoms with E-state index in [1.807, 2.05) is 48.8 Å². The van der Waals surface area contributed by atoms with Gasteiger partial charge in [-0.05, 0) is 80.2 Å². The van der Waals surface area contributed by atoms with E-state index in [1.54, 1.807) is 11.0 Å². The molecule has 0 radical (unpaired) electrons. The van der Waals surface area contributed by atoms with Crippen molar-refractivity contribution in [2.24, 2.45) is 5.92 Å². The zero-order valence-electron chi connectivity index (χ0n) is 28.1. The van der Waals surface area contributed by atoms with E-state index >= 15 is 0 Å². The summed E-state index contributed by atoms with van der Waals surface area (Å²) in [4.78, 5) is 63.3. The van der Waals surface area contributed by atoms with Crippen molar-refractivity contribution in [3.8, 4) is 11.3 Å². The number of nitrogens with zero attached hydrogens (tertiary/aromatic N) is 6. The van der Waals surface area contributed by atoms with Crippen LogP contribution in [0.1, 0.15) is 85.3 Å². The molecule has 0 spiro atoms. The zero-order chi connectivity index (χ0) is 34.2. The molecule has 2 aromatic carbocycles. The predicted molar refractivity (Wildman–Crippen MR) is 185 cm³/mol. The summed E-state index contributed by atoms with van der Waals surface area (Å²) in [7, 11) is 0. The molecule has 12 nitrogen and oxygen atoms in total. The molecule has 1 saturated carbocycles. The summed E-state index contributed by atoms with van der Waals surface area (Å²) >= 11 is 0. The fraction of sp³-hybridized carbons (Fsp3) is 0.447. The number of likely N-dealkylation sites (tertiary alicyclic amines) is 1. The SMILES string of the molecule is O=C(CC1CCC(N2CCC(n3cc(-c4cnc5ccccc5n4)cn3)CC2)CC1)NCc1ccc2c(c1)CN(C1CCC(=O)NC1=O)C2=O. The van der Waals surface area contributed by atoms with E-state index < -0.39 is 11.9 Å². The van der Waals surface area contributed by atoms with E-state index in [9.17, 15) is 19.2 Å². The lowest BCUT2D eigenvalue weighted by atomic mass is 9.82. The normalized spacial score (nSPS) is 23.2. The van der Waals surface area contributed by atoms with Gasteiger partial charge in [-0.1, -0.05) is 24.3 Å². The Bertz CT molecular complexity index is 1940. The quantitative estimate of drug-likeness (QED) is 0.266. The molecule has 1 aliphatic carbocycles. The number of benzene rings is 2. The fourth-order valence-corrected chi connectivity index (χ4v) is 8.27. The molecule has 4 aromatic rings. The standard InChI is InChI=1S/C38H42N8O4/c47-35-12-11-34(37(49)43-35)45-22-26-17-25(7-10-30(26)38(45)50)19-40-36(48)18-24-5-8-28(9-6-24)44-15-13-29(14-16-44)46-23-27(20-41-46)33-21-39-31-3-1-2-4-32(31)42-33/h1-4,7,10,17,20-21,23-24,28-29,34H,5-6,8-9,11-16,18-19,22H2,(H,40,48)(H,43,47,49). The van der Waals surface area contributed by atoms with Crippen molar-refractivity contribution in [3.05, 3.63) is 77.7 Å². The maximum Gasteiger partial charge on any atom is 0.255 e. The van der Waals surface area contributed by atoms with Crippen LogP contribution in [-0.2, 0) is 27.5 Å². The topological polar surface area (TPSA) is 142 Å². The maximum atomic E-state index is 13.0. The Kier molecular flexibility index (Phi) is 8.86. The average Bonchev–Trinajstić information content (AvgIpc) is 3.76. The number of hydrogen-bond donors (Lipinski definition) is 2. The second-order valence-corrected chi connectivity index (χ2v) is 14.3. The molecule has 5 heterocycles. The third-order valence-corrected chi connectivity index (χ3v) is 11.1. The average molecular weight is 675 g/mol. The number of rotatable bonds is 8. The third kappa shape index (κ3) is 6.64. The lowest BCUT2D eigenvalue weighted by Crippen LogP contribution is -2.52. The van der Waals surface area contributed by atoms with Crippen molar-refractivity contribution in [3.63, 3.8) is 0 Å². The van der Waals surface area contributed by atoms with Gasteiger partial charge in [-0.25, -0.2) is 4.98 Å². The largest absolute Gasteiger partial charge is 0.352 e. The molecule has 1 atom stereocenters. The minimum atomic E-state index is -0.633. The molecular formula is C38H42N8O4. The number of imide groups is 1. The third-order valence-electron chi connectivity index (χ3n) is 11.1. The van der Waals surface area contributed by atoms with E-state index in [0.717, 1.165) is 85.0 Å². The van der Waals surface area contributed by atoms with Crippen LogP contribution in [0.25, 0.3) is 22.3 Å². The van der Waals surface area contributed by atoms with Crippen molar-refractivity contribution in [2.45, 2.75) is 89.0 Å². The van der Waals surface area contributed by atoms with Crippen molar-refractivity contribution < 1.29 is 19.2 Å².